The molecular weight excluding hydrogens is 314 g/mol. The van der Waals surface area contributed by atoms with Gasteiger partial charge in [-0.05, 0) is 24.3 Å². The van der Waals surface area contributed by atoms with Crippen LogP contribution in [-0.2, 0) is 11.3 Å². The van der Waals surface area contributed by atoms with Crippen LogP contribution in [0.1, 0.15) is 5.76 Å². The van der Waals surface area contributed by atoms with Gasteiger partial charge >= 0.3 is 0 Å². The Hall–Kier alpha value is -2.85. The average molecular weight is 329 g/mol. The van der Waals surface area contributed by atoms with Gasteiger partial charge in [-0.25, -0.2) is 0 Å². The molecule has 1 amide bonds. The summed E-state index contributed by atoms with van der Waals surface area (Å²) in [6.45, 7) is 0.200. The number of anilines is 1. The third-order valence-electron chi connectivity index (χ3n) is 3.01. The fourth-order valence-corrected chi connectivity index (χ4v) is 2.12. The maximum Gasteiger partial charge on any atom is 0.244 e. The molecule has 6 nitrogen and oxygen atoms in total. The zero-order valence-electron chi connectivity index (χ0n) is 12.4. The second kappa shape index (κ2) is 7.96. The normalized spacial score (nSPS) is 11.1. The first-order chi connectivity index (χ1) is 11.1. The number of amides is 1. The van der Waals surface area contributed by atoms with Crippen LogP contribution in [0.15, 0.2) is 47.1 Å². The van der Waals surface area contributed by atoms with E-state index in [-0.39, 0.29) is 11.5 Å². The number of rotatable bonds is 6. The van der Waals surface area contributed by atoms with E-state index in [9.17, 15) is 10.1 Å². The second-order valence-electron chi connectivity index (χ2n) is 4.58. The van der Waals surface area contributed by atoms with Gasteiger partial charge in [0, 0.05) is 11.8 Å². The van der Waals surface area contributed by atoms with E-state index >= 15 is 0 Å². The van der Waals surface area contributed by atoms with Gasteiger partial charge in [0.05, 0.1) is 26.0 Å². The minimum atomic E-state index is -1.09. The second-order valence-corrected chi connectivity index (χ2v) is 5.02. The van der Waals surface area contributed by atoms with Gasteiger partial charge in [0.15, 0.2) is 5.92 Å². The zero-order valence-corrected chi connectivity index (χ0v) is 13.2. The van der Waals surface area contributed by atoms with Crippen molar-refractivity contribution in [3.05, 3.63) is 48.4 Å². The topological polar surface area (TPSA) is 87.3 Å². The summed E-state index contributed by atoms with van der Waals surface area (Å²) in [5.41, 5.74) is 0.647. The van der Waals surface area contributed by atoms with Gasteiger partial charge in [-0.2, -0.15) is 5.26 Å². The average Bonchev–Trinajstić information content (AvgIpc) is 3.07. The summed E-state index contributed by atoms with van der Waals surface area (Å²) in [6, 6.07) is 12.4. The lowest BCUT2D eigenvalue weighted by Gasteiger charge is -2.13. The van der Waals surface area contributed by atoms with Crippen LogP contribution in [0.4, 0.5) is 5.69 Å². The molecule has 118 valence electrons. The first-order valence-electron chi connectivity index (χ1n) is 6.78. The number of nitrogens with zero attached hydrogens (tertiary/aromatic N) is 1. The predicted molar refractivity (Wildman–Crippen MR) is 88.9 cm³/mol. The van der Waals surface area contributed by atoms with Crippen molar-refractivity contribution < 1.29 is 13.9 Å². The van der Waals surface area contributed by atoms with E-state index in [1.807, 2.05) is 6.07 Å². The van der Waals surface area contributed by atoms with Crippen molar-refractivity contribution in [3.8, 4) is 11.8 Å². The molecule has 0 saturated carbocycles. The van der Waals surface area contributed by atoms with Gasteiger partial charge in [-0.15, -0.1) is 0 Å². The van der Waals surface area contributed by atoms with Crippen LogP contribution in [0.2, 0.25) is 0 Å². The summed E-state index contributed by atoms with van der Waals surface area (Å²) in [6.07, 6.45) is 1.51. The van der Waals surface area contributed by atoms with Crippen LogP contribution in [-0.4, -0.2) is 18.0 Å². The van der Waals surface area contributed by atoms with Gasteiger partial charge < -0.3 is 19.8 Å². The van der Waals surface area contributed by atoms with Gasteiger partial charge in [-0.3, -0.25) is 4.79 Å². The van der Waals surface area contributed by atoms with Crippen molar-refractivity contribution in [2.24, 2.45) is 5.92 Å². The van der Waals surface area contributed by atoms with Crippen LogP contribution < -0.4 is 15.4 Å². The Morgan fingerprint density at radius 2 is 2.26 bits per heavy atom. The zero-order chi connectivity index (χ0) is 16.7. The Kier molecular flexibility index (Phi) is 5.72. The van der Waals surface area contributed by atoms with Crippen molar-refractivity contribution in [3.63, 3.8) is 0 Å². The Labute approximate surface area is 139 Å². The number of nitriles is 1. The van der Waals surface area contributed by atoms with Crippen LogP contribution in [0.5, 0.6) is 5.75 Å². The van der Waals surface area contributed by atoms with Crippen molar-refractivity contribution in [2.45, 2.75) is 6.54 Å². The summed E-state index contributed by atoms with van der Waals surface area (Å²) >= 11 is 5.17. The van der Waals surface area contributed by atoms with Crippen molar-refractivity contribution >= 4 is 28.8 Å². The first-order valence-corrected chi connectivity index (χ1v) is 7.19. The van der Waals surface area contributed by atoms with E-state index in [4.69, 9.17) is 21.4 Å². The fraction of sp³-hybridized carbons (Fsp3) is 0.188. The van der Waals surface area contributed by atoms with E-state index in [1.54, 1.807) is 43.5 Å². The van der Waals surface area contributed by atoms with Crippen LogP contribution in [0.3, 0.4) is 0 Å². The van der Waals surface area contributed by atoms with E-state index in [1.165, 1.54) is 6.26 Å². The number of carbonyl (C=O) groups is 1. The van der Waals surface area contributed by atoms with E-state index in [2.05, 4.69) is 10.6 Å². The lowest BCUT2D eigenvalue weighted by molar-refractivity contribution is -0.121. The molecule has 0 spiro atoms. The van der Waals surface area contributed by atoms with Crippen LogP contribution in [0, 0.1) is 17.2 Å². The number of thiocarbonyl (C=S) groups is 1. The summed E-state index contributed by atoms with van der Waals surface area (Å²) in [4.78, 5) is 12.2. The molecule has 1 aromatic carbocycles. The maximum absolute atomic E-state index is 12.1. The number of hydrogen-bond donors (Lipinski definition) is 2. The van der Waals surface area contributed by atoms with Crippen molar-refractivity contribution in [2.75, 3.05) is 12.4 Å². The van der Waals surface area contributed by atoms with Gasteiger partial charge in [-0.1, -0.05) is 18.3 Å². The highest BCUT2D eigenvalue weighted by Crippen LogP contribution is 2.17. The molecule has 2 aromatic rings. The molecule has 0 aliphatic heterocycles. The summed E-state index contributed by atoms with van der Waals surface area (Å²) in [7, 11) is 1.55. The number of hydrogen-bond acceptors (Lipinski definition) is 5. The van der Waals surface area contributed by atoms with E-state index in [0.717, 1.165) is 0 Å². The molecule has 0 radical (unpaired) electrons. The Balaban J connectivity index is 1.97. The third kappa shape index (κ3) is 4.56. The van der Waals surface area contributed by atoms with Crippen LogP contribution >= 0.6 is 12.2 Å². The largest absolute Gasteiger partial charge is 0.497 e. The van der Waals surface area contributed by atoms with E-state index in [0.29, 0.717) is 17.2 Å². The standard InChI is InChI=1S/C16H15N3O3S/c1-21-12-5-2-4-11(8-12)19-16(23)14(9-17)15(20)18-10-13-6-3-7-22-13/h2-8,14H,10H2,1H3,(H,18,20)(H,19,23). The molecule has 2 N–H and O–H groups in total. The molecular formula is C16H15N3O3S. The predicted octanol–water partition coefficient (Wildman–Crippen LogP) is 2.48. The Morgan fingerprint density at radius 1 is 1.43 bits per heavy atom. The minimum absolute atomic E-state index is 0.123. The monoisotopic (exact) mass is 329 g/mol. The molecule has 2 rings (SSSR count). The number of carbonyl (C=O) groups excluding carboxylic acids is 1. The number of furan rings is 1. The molecule has 0 fully saturated rings. The quantitative estimate of drug-likeness (QED) is 0.792. The lowest BCUT2D eigenvalue weighted by atomic mass is 10.1. The van der Waals surface area contributed by atoms with Crippen LogP contribution in [0.25, 0.3) is 0 Å². The molecule has 7 heteroatoms. The lowest BCUT2D eigenvalue weighted by Crippen LogP contribution is -2.36. The molecule has 0 aliphatic carbocycles. The highest BCUT2D eigenvalue weighted by Gasteiger charge is 2.23. The number of nitrogens with one attached hydrogen (secondary N) is 2. The maximum atomic E-state index is 12.1. The molecule has 23 heavy (non-hydrogen) atoms. The van der Waals surface area contributed by atoms with Crippen molar-refractivity contribution in [1.29, 1.82) is 5.26 Å². The molecule has 0 bridgehead atoms. The molecule has 1 aromatic heterocycles. The van der Waals surface area contributed by atoms with Gasteiger partial charge in [0.25, 0.3) is 0 Å². The number of methoxy groups -OCH3 is 1. The highest BCUT2D eigenvalue weighted by molar-refractivity contribution is 7.80. The van der Waals surface area contributed by atoms with Crippen molar-refractivity contribution in [1.82, 2.24) is 5.32 Å². The van der Waals surface area contributed by atoms with E-state index < -0.39 is 11.8 Å². The fourth-order valence-electron chi connectivity index (χ4n) is 1.84. The summed E-state index contributed by atoms with van der Waals surface area (Å²) in [5, 5.41) is 14.7. The SMILES string of the molecule is COc1cccc(NC(=S)C(C#N)C(=O)NCc2ccco2)c1. The molecule has 1 heterocycles. The number of ether oxygens (including phenoxy) is 1. The smallest absolute Gasteiger partial charge is 0.244 e. The minimum Gasteiger partial charge on any atom is -0.497 e. The molecule has 1 atom stereocenters. The molecule has 0 aliphatic rings. The summed E-state index contributed by atoms with van der Waals surface area (Å²) < 4.78 is 10.2. The molecule has 0 saturated heterocycles. The Bertz CT molecular complexity index is 722. The van der Waals surface area contributed by atoms with Gasteiger partial charge in [0.2, 0.25) is 5.91 Å². The summed E-state index contributed by atoms with van der Waals surface area (Å²) in [5.74, 6) is -0.328. The highest BCUT2D eigenvalue weighted by atomic mass is 32.1. The van der Waals surface area contributed by atoms with Gasteiger partial charge in [0.1, 0.15) is 16.5 Å². The third-order valence-corrected chi connectivity index (χ3v) is 3.35. The Morgan fingerprint density at radius 3 is 2.91 bits per heavy atom. The molecule has 1 unspecified atom stereocenters. The first kappa shape index (κ1) is 16.5. The number of benzene rings is 1.